The first-order valence-corrected chi connectivity index (χ1v) is 8.93. The molecule has 7 heteroatoms. The largest absolute Gasteiger partial charge is 0.468 e. The summed E-state index contributed by atoms with van der Waals surface area (Å²) in [6, 6.07) is 1.63. The number of nitrogens with zero attached hydrogens (tertiary/aromatic N) is 2. The number of ether oxygens (including phenoxy) is 1. The molecule has 2 rings (SSSR count). The zero-order valence-electron chi connectivity index (χ0n) is 15.4. The van der Waals surface area contributed by atoms with E-state index in [1.54, 1.807) is 11.0 Å². The van der Waals surface area contributed by atoms with Crippen LogP contribution in [-0.4, -0.2) is 41.2 Å². The maximum atomic E-state index is 12.7. The zero-order chi connectivity index (χ0) is 19.3. The summed E-state index contributed by atoms with van der Waals surface area (Å²) in [7, 11) is 0. The third-order valence-electron chi connectivity index (χ3n) is 4.33. The van der Waals surface area contributed by atoms with Crippen LogP contribution in [0.3, 0.4) is 0 Å². The lowest BCUT2D eigenvalue weighted by molar-refractivity contribution is -0.154. The Bertz CT molecular complexity index is 669. The van der Waals surface area contributed by atoms with Crippen molar-refractivity contribution in [1.82, 2.24) is 9.88 Å². The summed E-state index contributed by atoms with van der Waals surface area (Å²) in [4.78, 5) is 18.5. The number of aromatic nitrogens is 1. The Balaban J connectivity index is 2.38. The fraction of sp³-hybridized carbons (Fsp3) is 0.579. The van der Waals surface area contributed by atoms with E-state index >= 15 is 0 Å². The highest BCUT2D eigenvalue weighted by molar-refractivity contribution is 5.95. The molecule has 1 heterocycles. The minimum Gasteiger partial charge on any atom is -0.468 e. The number of rotatable bonds is 6. The first-order valence-electron chi connectivity index (χ1n) is 8.93. The van der Waals surface area contributed by atoms with Crippen LogP contribution in [0.4, 0.5) is 13.2 Å². The Morgan fingerprint density at radius 3 is 2.62 bits per heavy atom. The molecule has 0 fully saturated rings. The van der Waals surface area contributed by atoms with E-state index in [-0.39, 0.29) is 17.8 Å². The normalized spacial score (nSPS) is 15.0. The van der Waals surface area contributed by atoms with E-state index in [1.165, 1.54) is 6.20 Å². The summed E-state index contributed by atoms with van der Waals surface area (Å²) in [6.45, 7) is 4.86. The molecule has 0 aliphatic heterocycles. The molecular formula is C19H25F3N2O2. The molecular weight excluding hydrogens is 345 g/mol. The van der Waals surface area contributed by atoms with Crippen molar-refractivity contribution in [3.05, 3.63) is 29.5 Å². The molecule has 1 amide bonds. The number of carbonyl (C=O) groups is 1. The van der Waals surface area contributed by atoms with E-state index in [0.29, 0.717) is 17.7 Å². The first-order chi connectivity index (χ1) is 12.2. The lowest BCUT2D eigenvalue weighted by Crippen LogP contribution is -2.36. The van der Waals surface area contributed by atoms with Crippen LogP contribution in [0.1, 0.15) is 62.4 Å². The maximum absolute atomic E-state index is 12.7. The highest BCUT2D eigenvalue weighted by Gasteiger charge is 2.30. The monoisotopic (exact) mass is 370 g/mol. The van der Waals surface area contributed by atoms with Crippen LogP contribution in [0.15, 0.2) is 18.3 Å². The van der Waals surface area contributed by atoms with Gasteiger partial charge < -0.3 is 9.64 Å². The van der Waals surface area contributed by atoms with Gasteiger partial charge in [-0.2, -0.15) is 13.2 Å². The third-order valence-corrected chi connectivity index (χ3v) is 4.33. The van der Waals surface area contributed by atoms with Gasteiger partial charge in [0.25, 0.3) is 5.91 Å². The molecule has 1 aromatic rings. The van der Waals surface area contributed by atoms with Gasteiger partial charge in [0.1, 0.15) is 0 Å². The fourth-order valence-corrected chi connectivity index (χ4v) is 3.06. The van der Waals surface area contributed by atoms with Crippen molar-refractivity contribution in [2.75, 3.05) is 13.2 Å². The van der Waals surface area contributed by atoms with Gasteiger partial charge in [-0.3, -0.25) is 4.79 Å². The van der Waals surface area contributed by atoms with Gasteiger partial charge in [0.15, 0.2) is 6.61 Å². The minimum absolute atomic E-state index is 0.0194. The van der Waals surface area contributed by atoms with Crippen molar-refractivity contribution in [3.8, 4) is 5.88 Å². The highest BCUT2D eigenvalue weighted by atomic mass is 19.4. The van der Waals surface area contributed by atoms with E-state index in [9.17, 15) is 18.0 Å². The molecule has 4 nitrogen and oxygen atoms in total. The van der Waals surface area contributed by atoms with Gasteiger partial charge in [0, 0.05) is 24.3 Å². The van der Waals surface area contributed by atoms with E-state index in [0.717, 1.165) is 31.3 Å². The van der Waals surface area contributed by atoms with Gasteiger partial charge in [-0.1, -0.05) is 6.08 Å². The van der Waals surface area contributed by atoms with E-state index in [1.807, 2.05) is 26.8 Å². The molecule has 0 atom stereocenters. The van der Waals surface area contributed by atoms with Crippen molar-refractivity contribution in [2.24, 2.45) is 0 Å². The molecule has 0 spiro atoms. The molecule has 1 aliphatic rings. The van der Waals surface area contributed by atoms with Crippen molar-refractivity contribution < 1.29 is 22.7 Å². The van der Waals surface area contributed by atoms with Crippen molar-refractivity contribution in [1.29, 1.82) is 0 Å². The van der Waals surface area contributed by atoms with Gasteiger partial charge in [-0.15, -0.1) is 0 Å². The molecule has 0 saturated carbocycles. The number of allylic oxidation sites excluding steroid dienone is 2. The molecule has 0 unspecified atom stereocenters. The number of hydrogen-bond acceptors (Lipinski definition) is 3. The van der Waals surface area contributed by atoms with Gasteiger partial charge in [0.05, 0.1) is 5.56 Å². The quantitative estimate of drug-likeness (QED) is 0.719. The van der Waals surface area contributed by atoms with Crippen LogP contribution in [0, 0.1) is 0 Å². The average Bonchev–Trinajstić information content (AvgIpc) is 2.60. The lowest BCUT2D eigenvalue weighted by atomic mass is 9.93. The predicted octanol–water partition coefficient (Wildman–Crippen LogP) is 4.85. The van der Waals surface area contributed by atoms with Crippen LogP contribution in [0.2, 0.25) is 0 Å². The summed E-state index contributed by atoms with van der Waals surface area (Å²) < 4.78 is 42.5. The third kappa shape index (κ3) is 5.22. The standard InChI is InChI=1S/C19H25F3N2O2/c1-4-24(13(2)3)18(25)15-10-16(14-8-6-5-7-9-14)17(23-11-15)26-12-19(20,21)22/h8,10-11,13H,4-7,9,12H2,1-3H3. The summed E-state index contributed by atoms with van der Waals surface area (Å²) >= 11 is 0. The molecule has 0 N–H and O–H groups in total. The topological polar surface area (TPSA) is 42.4 Å². The van der Waals surface area contributed by atoms with Gasteiger partial charge in [-0.05, 0) is 58.1 Å². The van der Waals surface area contributed by atoms with Gasteiger partial charge in [-0.25, -0.2) is 4.98 Å². The van der Waals surface area contributed by atoms with E-state index in [4.69, 9.17) is 4.74 Å². The number of halogens is 3. The SMILES string of the molecule is CCN(C(=O)c1cnc(OCC(F)(F)F)c(C2=CCCCC2)c1)C(C)C. The van der Waals surface area contributed by atoms with Crippen LogP contribution < -0.4 is 4.74 Å². The first kappa shape index (κ1) is 20.3. The Kier molecular flexibility index (Phi) is 6.67. The second kappa shape index (κ2) is 8.56. The molecule has 26 heavy (non-hydrogen) atoms. The minimum atomic E-state index is -4.44. The lowest BCUT2D eigenvalue weighted by Gasteiger charge is -2.25. The van der Waals surface area contributed by atoms with Gasteiger partial charge in [0.2, 0.25) is 5.88 Å². The molecule has 0 bridgehead atoms. The van der Waals surface area contributed by atoms with Crippen LogP contribution in [-0.2, 0) is 0 Å². The van der Waals surface area contributed by atoms with E-state index in [2.05, 4.69) is 4.98 Å². The second-order valence-corrected chi connectivity index (χ2v) is 6.64. The molecule has 0 aromatic carbocycles. The molecule has 0 radical (unpaired) electrons. The van der Waals surface area contributed by atoms with Crippen LogP contribution in [0.25, 0.3) is 5.57 Å². The Labute approximate surface area is 152 Å². The van der Waals surface area contributed by atoms with Crippen LogP contribution >= 0.6 is 0 Å². The molecule has 0 saturated heterocycles. The maximum Gasteiger partial charge on any atom is 0.422 e. The number of alkyl halides is 3. The fourth-order valence-electron chi connectivity index (χ4n) is 3.06. The number of hydrogen-bond donors (Lipinski definition) is 0. The molecule has 1 aromatic heterocycles. The van der Waals surface area contributed by atoms with Gasteiger partial charge >= 0.3 is 6.18 Å². The summed E-state index contributed by atoms with van der Waals surface area (Å²) in [5.41, 5.74) is 1.74. The predicted molar refractivity (Wildman–Crippen MR) is 94.1 cm³/mol. The second-order valence-electron chi connectivity index (χ2n) is 6.64. The Morgan fingerprint density at radius 2 is 2.08 bits per heavy atom. The Morgan fingerprint density at radius 1 is 1.35 bits per heavy atom. The van der Waals surface area contributed by atoms with Crippen molar-refractivity contribution >= 4 is 11.5 Å². The number of pyridine rings is 1. The van der Waals surface area contributed by atoms with E-state index < -0.39 is 12.8 Å². The molecule has 1 aliphatic carbocycles. The number of carbonyl (C=O) groups excluding carboxylic acids is 1. The van der Waals surface area contributed by atoms with Crippen molar-refractivity contribution in [3.63, 3.8) is 0 Å². The average molecular weight is 370 g/mol. The number of amides is 1. The summed E-state index contributed by atoms with van der Waals surface area (Å²) in [5, 5.41) is 0. The Hall–Kier alpha value is -2.05. The zero-order valence-corrected chi connectivity index (χ0v) is 15.4. The molecule has 144 valence electrons. The smallest absolute Gasteiger partial charge is 0.422 e. The van der Waals surface area contributed by atoms with Crippen molar-refractivity contribution in [2.45, 2.75) is 58.7 Å². The summed E-state index contributed by atoms with van der Waals surface area (Å²) in [5.74, 6) is -0.255. The summed E-state index contributed by atoms with van der Waals surface area (Å²) in [6.07, 6.45) is 2.45. The van der Waals surface area contributed by atoms with Crippen LogP contribution in [0.5, 0.6) is 5.88 Å². The highest BCUT2D eigenvalue weighted by Crippen LogP contribution is 2.33.